The molecule has 4 nitrogen and oxygen atoms in total. The molecule has 0 aromatic heterocycles. The Labute approximate surface area is 99.3 Å². The second kappa shape index (κ2) is 12.9. The predicted molar refractivity (Wildman–Crippen MR) is 65.7 cm³/mol. The largest absolute Gasteiger partial charge is 0.396 e. The zero-order chi connectivity index (χ0) is 12.1. The molecule has 0 spiro atoms. The van der Waals surface area contributed by atoms with Gasteiger partial charge in [-0.25, -0.2) is 0 Å². The van der Waals surface area contributed by atoms with Gasteiger partial charge in [0, 0.05) is 20.3 Å². The van der Waals surface area contributed by atoms with Crippen molar-refractivity contribution >= 4 is 0 Å². The van der Waals surface area contributed by atoms with Gasteiger partial charge in [-0.3, -0.25) is 0 Å². The van der Waals surface area contributed by atoms with Gasteiger partial charge in [0.05, 0.1) is 13.2 Å². The van der Waals surface area contributed by atoms with E-state index in [-0.39, 0.29) is 0 Å². The summed E-state index contributed by atoms with van der Waals surface area (Å²) >= 11 is 0. The first-order valence-electron chi connectivity index (χ1n) is 6.19. The van der Waals surface area contributed by atoms with Crippen molar-refractivity contribution in [2.24, 2.45) is 5.92 Å². The molecule has 0 rings (SSSR count). The summed E-state index contributed by atoms with van der Waals surface area (Å²) < 4.78 is 10.2. The molecule has 0 aliphatic heterocycles. The Morgan fingerprint density at radius 2 is 1.88 bits per heavy atom. The average molecular weight is 233 g/mol. The highest BCUT2D eigenvalue weighted by molar-refractivity contribution is 4.53. The van der Waals surface area contributed by atoms with Crippen molar-refractivity contribution in [1.82, 2.24) is 5.32 Å². The fraction of sp³-hybridized carbons (Fsp3) is 1.00. The zero-order valence-corrected chi connectivity index (χ0v) is 10.7. The van der Waals surface area contributed by atoms with Gasteiger partial charge in [-0.2, -0.15) is 0 Å². The number of hydrogen-bond donors (Lipinski definition) is 2. The third kappa shape index (κ3) is 11.9. The Hall–Kier alpha value is -0.160. The molecule has 0 aromatic carbocycles. The average Bonchev–Trinajstić information content (AvgIpc) is 2.31. The normalized spacial score (nSPS) is 12.9. The minimum atomic E-state index is 0.299. The fourth-order valence-corrected chi connectivity index (χ4v) is 1.34. The third-order valence-electron chi connectivity index (χ3n) is 2.44. The quantitative estimate of drug-likeness (QED) is 0.495. The van der Waals surface area contributed by atoms with Crippen LogP contribution in [0, 0.1) is 5.92 Å². The summed E-state index contributed by atoms with van der Waals surface area (Å²) in [6.07, 6.45) is 3.26. The van der Waals surface area contributed by atoms with Crippen LogP contribution in [0.15, 0.2) is 0 Å². The lowest BCUT2D eigenvalue weighted by atomic mass is 10.1. The van der Waals surface area contributed by atoms with Crippen molar-refractivity contribution in [3.05, 3.63) is 0 Å². The molecule has 0 saturated heterocycles. The van der Waals surface area contributed by atoms with Crippen molar-refractivity contribution in [1.29, 1.82) is 0 Å². The zero-order valence-electron chi connectivity index (χ0n) is 10.7. The van der Waals surface area contributed by atoms with E-state index in [2.05, 4.69) is 12.2 Å². The molecule has 0 aliphatic rings. The molecule has 16 heavy (non-hydrogen) atoms. The van der Waals surface area contributed by atoms with Crippen molar-refractivity contribution in [3.63, 3.8) is 0 Å². The van der Waals surface area contributed by atoms with Crippen LogP contribution in [0.2, 0.25) is 0 Å². The molecule has 0 radical (unpaired) electrons. The van der Waals surface area contributed by atoms with Crippen LogP contribution in [-0.4, -0.2) is 51.7 Å². The Kier molecular flexibility index (Phi) is 12.8. The standard InChI is InChI=1S/C12H27NO3/c1-12(11-14)5-3-6-13-7-4-8-16-10-9-15-2/h12-14H,3-11H2,1-2H3. The van der Waals surface area contributed by atoms with Gasteiger partial charge in [-0.15, -0.1) is 0 Å². The summed E-state index contributed by atoms with van der Waals surface area (Å²) in [5, 5.41) is 12.2. The van der Waals surface area contributed by atoms with E-state index in [1.807, 2.05) is 0 Å². The number of methoxy groups -OCH3 is 1. The molecule has 0 aromatic rings. The van der Waals surface area contributed by atoms with Crippen molar-refractivity contribution < 1.29 is 14.6 Å². The highest BCUT2D eigenvalue weighted by atomic mass is 16.5. The lowest BCUT2D eigenvalue weighted by molar-refractivity contribution is 0.0695. The molecule has 1 atom stereocenters. The minimum Gasteiger partial charge on any atom is -0.396 e. The molecule has 2 N–H and O–H groups in total. The molecule has 0 saturated carbocycles. The molecule has 4 heteroatoms. The highest BCUT2D eigenvalue weighted by Gasteiger charge is 1.98. The number of ether oxygens (including phenoxy) is 2. The highest BCUT2D eigenvalue weighted by Crippen LogP contribution is 2.02. The van der Waals surface area contributed by atoms with Gasteiger partial charge in [0.25, 0.3) is 0 Å². The van der Waals surface area contributed by atoms with E-state index in [0.29, 0.717) is 25.7 Å². The van der Waals surface area contributed by atoms with Gasteiger partial charge in [0.15, 0.2) is 0 Å². The maximum atomic E-state index is 8.83. The van der Waals surface area contributed by atoms with Gasteiger partial charge < -0.3 is 19.9 Å². The van der Waals surface area contributed by atoms with Gasteiger partial charge >= 0.3 is 0 Å². The first-order valence-corrected chi connectivity index (χ1v) is 6.19. The van der Waals surface area contributed by atoms with Crippen LogP contribution >= 0.6 is 0 Å². The summed E-state index contributed by atoms with van der Waals surface area (Å²) in [6, 6.07) is 0. The maximum absolute atomic E-state index is 8.83. The van der Waals surface area contributed by atoms with Gasteiger partial charge in [-0.05, 0) is 38.3 Å². The van der Waals surface area contributed by atoms with Crippen LogP contribution in [0.5, 0.6) is 0 Å². The van der Waals surface area contributed by atoms with E-state index >= 15 is 0 Å². The Morgan fingerprint density at radius 1 is 1.12 bits per heavy atom. The second-order valence-corrected chi connectivity index (χ2v) is 4.14. The van der Waals surface area contributed by atoms with Crippen LogP contribution in [0.4, 0.5) is 0 Å². The molecular formula is C12H27NO3. The Balaban J connectivity index is 2.93. The number of hydrogen-bond acceptors (Lipinski definition) is 4. The monoisotopic (exact) mass is 233 g/mol. The number of aliphatic hydroxyl groups is 1. The lowest BCUT2D eigenvalue weighted by Gasteiger charge is -2.08. The first kappa shape index (κ1) is 15.8. The van der Waals surface area contributed by atoms with E-state index in [1.54, 1.807) is 7.11 Å². The van der Waals surface area contributed by atoms with Crippen LogP contribution in [0.1, 0.15) is 26.2 Å². The van der Waals surface area contributed by atoms with Gasteiger partial charge in [0.2, 0.25) is 0 Å². The molecule has 0 bridgehead atoms. The number of aliphatic hydroxyl groups excluding tert-OH is 1. The van der Waals surface area contributed by atoms with E-state index in [0.717, 1.165) is 39.0 Å². The van der Waals surface area contributed by atoms with Crippen molar-refractivity contribution in [2.75, 3.05) is 46.6 Å². The van der Waals surface area contributed by atoms with Crippen LogP contribution < -0.4 is 5.32 Å². The van der Waals surface area contributed by atoms with E-state index in [9.17, 15) is 0 Å². The van der Waals surface area contributed by atoms with E-state index < -0.39 is 0 Å². The fourth-order valence-electron chi connectivity index (χ4n) is 1.34. The van der Waals surface area contributed by atoms with Crippen LogP contribution in [-0.2, 0) is 9.47 Å². The lowest BCUT2D eigenvalue weighted by Crippen LogP contribution is -2.19. The molecule has 0 heterocycles. The molecule has 1 unspecified atom stereocenters. The summed E-state index contributed by atoms with van der Waals surface area (Å²) in [5.41, 5.74) is 0. The van der Waals surface area contributed by atoms with Crippen molar-refractivity contribution in [2.45, 2.75) is 26.2 Å². The van der Waals surface area contributed by atoms with E-state index in [1.165, 1.54) is 0 Å². The van der Waals surface area contributed by atoms with Crippen molar-refractivity contribution in [3.8, 4) is 0 Å². The Morgan fingerprint density at radius 3 is 2.56 bits per heavy atom. The predicted octanol–water partition coefficient (Wildman–Crippen LogP) is 1.04. The van der Waals surface area contributed by atoms with E-state index in [4.69, 9.17) is 14.6 Å². The molecule has 0 aliphatic carbocycles. The SMILES string of the molecule is COCCOCCCNCCCC(C)CO. The molecule has 98 valence electrons. The summed E-state index contributed by atoms with van der Waals surface area (Å²) in [4.78, 5) is 0. The Bertz CT molecular complexity index is 133. The third-order valence-corrected chi connectivity index (χ3v) is 2.44. The maximum Gasteiger partial charge on any atom is 0.0700 e. The minimum absolute atomic E-state index is 0.299. The number of nitrogens with one attached hydrogen (secondary N) is 1. The summed E-state index contributed by atoms with van der Waals surface area (Å²) in [7, 11) is 1.68. The summed E-state index contributed by atoms with van der Waals surface area (Å²) in [6.45, 7) is 6.56. The summed E-state index contributed by atoms with van der Waals surface area (Å²) in [5.74, 6) is 0.430. The first-order chi connectivity index (χ1) is 7.81. The van der Waals surface area contributed by atoms with Gasteiger partial charge in [-0.1, -0.05) is 6.92 Å². The molecular weight excluding hydrogens is 206 g/mol. The number of rotatable bonds is 12. The molecule has 0 amide bonds. The van der Waals surface area contributed by atoms with Crippen LogP contribution in [0.3, 0.4) is 0 Å². The smallest absolute Gasteiger partial charge is 0.0700 e. The van der Waals surface area contributed by atoms with Crippen LogP contribution in [0.25, 0.3) is 0 Å². The van der Waals surface area contributed by atoms with Gasteiger partial charge in [0.1, 0.15) is 0 Å². The second-order valence-electron chi connectivity index (χ2n) is 4.14. The topological polar surface area (TPSA) is 50.7 Å². The molecule has 0 fully saturated rings.